The van der Waals surface area contributed by atoms with Gasteiger partial charge in [-0.1, -0.05) is 49.6 Å². The van der Waals surface area contributed by atoms with Crippen LogP contribution in [0.3, 0.4) is 0 Å². The summed E-state index contributed by atoms with van der Waals surface area (Å²) in [5, 5.41) is 11.3. The number of aromatic amines is 2. The molecule has 0 amide bonds. The van der Waals surface area contributed by atoms with Gasteiger partial charge >= 0.3 is 0 Å². The molecule has 0 spiro atoms. The molecule has 8 heteroatoms. The molecule has 4 aromatic heterocycles. The highest BCUT2D eigenvalue weighted by atomic mass is 32.1. The molecule has 0 saturated carbocycles. The zero-order valence-electron chi connectivity index (χ0n) is 23.3. The smallest absolute Gasteiger partial charge is 0.157 e. The van der Waals surface area contributed by atoms with Crippen LogP contribution in [0.4, 0.5) is 4.39 Å². The van der Waals surface area contributed by atoms with Crippen LogP contribution in [-0.2, 0) is 6.42 Å². The van der Waals surface area contributed by atoms with Crippen LogP contribution in [0.1, 0.15) is 22.9 Å². The number of nitrogens with zero attached hydrogens (tertiary/aromatic N) is 3. The molecule has 3 N–H and O–H groups in total. The van der Waals surface area contributed by atoms with Crippen LogP contribution in [0.5, 0.6) is 0 Å². The molecule has 0 aliphatic heterocycles. The van der Waals surface area contributed by atoms with Crippen molar-refractivity contribution in [2.45, 2.75) is 20.3 Å². The Hall–Kier alpha value is -5.08. The number of thiophene rings is 1. The van der Waals surface area contributed by atoms with Gasteiger partial charge in [-0.25, -0.2) is 9.37 Å². The van der Waals surface area contributed by atoms with Crippen LogP contribution >= 0.6 is 11.3 Å². The van der Waals surface area contributed by atoms with Gasteiger partial charge in [0.25, 0.3) is 0 Å². The predicted molar refractivity (Wildman–Crippen MR) is 171 cm³/mol. The predicted octanol–water partition coefficient (Wildman–Crippen LogP) is 8.50. The lowest BCUT2D eigenvalue weighted by Crippen LogP contribution is -2.12. The standard InChI is InChI=1S/C34H29FN6S/c1-5-23(17-25(6-2)37-20(3)16-22-10-8-7-9-11-22)24-18-26-30(27(35)19-24)40-41-31(26)34-38-28-14-15-36-33(32(28)39-34)29-13-12-21(4)42-29/h5-15,17-19,37H,2-3,16H2,1,4H3,(H,38,39)(H,40,41)/b23-5+,25-17+. The molecule has 0 saturated heterocycles. The first-order chi connectivity index (χ1) is 20.4. The number of fused-ring (bicyclic) bond motifs is 2. The molecule has 2 aromatic carbocycles. The monoisotopic (exact) mass is 572 g/mol. The van der Waals surface area contributed by atoms with Crippen molar-refractivity contribution >= 4 is 38.8 Å². The van der Waals surface area contributed by atoms with Crippen molar-refractivity contribution in [3.05, 3.63) is 131 Å². The average Bonchev–Trinajstić information content (AvgIpc) is 3.73. The number of hydrogen-bond acceptors (Lipinski definition) is 5. The fourth-order valence-corrected chi connectivity index (χ4v) is 5.82. The van der Waals surface area contributed by atoms with E-state index in [4.69, 9.17) is 4.98 Å². The molecule has 6 nitrogen and oxygen atoms in total. The number of pyridine rings is 1. The number of benzene rings is 2. The van der Waals surface area contributed by atoms with Crippen LogP contribution in [0.15, 0.2) is 110 Å². The van der Waals surface area contributed by atoms with E-state index in [1.807, 2.05) is 49.4 Å². The van der Waals surface area contributed by atoms with Crippen molar-refractivity contribution in [3.63, 3.8) is 0 Å². The summed E-state index contributed by atoms with van der Waals surface area (Å²) in [4.78, 5) is 15.1. The number of nitrogens with one attached hydrogen (secondary N) is 3. The van der Waals surface area contributed by atoms with Crippen LogP contribution in [-0.4, -0.2) is 25.1 Å². The number of aryl methyl sites for hydroxylation is 1. The number of rotatable bonds is 9. The molecular formula is C34H29FN6S. The minimum Gasteiger partial charge on any atom is -0.359 e. The number of allylic oxidation sites excluding steroid dienone is 5. The molecule has 6 aromatic rings. The van der Waals surface area contributed by atoms with Gasteiger partial charge in [-0.05, 0) is 73.0 Å². The number of halogens is 1. The van der Waals surface area contributed by atoms with Crippen molar-refractivity contribution in [3.8, 4) is 22.1 Å². The average molecular weight is 573 g/mol. The molecule has 6 rings (SSSR count). The molecule has 0 bridgehead atoms. The summed E-state index contributed by atoms with van der Waals surface area (Å²) in [6.07, 6.45) is 8.05. The van der Waals surface area contributed by atoms with Gasteiger partial charge < -0.3 is 10.3 Å². The summed E-state index contributed by atoms with van der Waals surface area (Å²) in [6, 6.07) is 19.6. The minimum atomic E-state index is -0.424. The molecule has 208 valence electrons. The number of aromatic nitrogens is 5. The SMILES string of the molecule is C=C/C(=C\C(=C/C)c1cc(F)c2n[nH]c(-c3nc4c(-c5ccc(C)s5)nccc4[nH]3)c2c1)NC(=C)Cc1ccccc1. The van der Waals surface area contributed by atoms with Crippen LogP contribution in [0, 0.1) is 12.7 Å². The minimum absolute atomic E-state index is 0.249. The lowest BCUT2D eigenvalue weighted by atomic mass is 10.0. The topological polar surface area (TPSA) is 82.3 Å². The molecule has 0 atom stereocenters. The summed E-state index contributed by atoms with van der Waals surface area (Å²) in [6.45, 7) is 12.1. The lowest BCUT2D eigenvalue weighted by Gasteiger charge is -2.12. The highest BCUT2D eigenvalue weighted by Gasteiger charge is 2.19. The lowest BCUT2D eigenvalue weighted by molar-refractivity contribution is 0.636. The summed E-state index contributed by atoms with van der Waals surface area (Å²) in [5.74, 6) is 0.140. The van der Waals surface area contributed by atoms with Gasteiger partial charge in [0.2, 0.25) is 0 Å². The van der Waals surface area contributed by atoms with E-state index in [1.165, 1.54) is 10.9 Å². The Balaban J connectivity index is 1.35. The largest absolute Gasteiger partial charge is 0.359 e. The third-order valence-corrected chi connectivity index (χ3v) is 7.99. The highest BCUT2D eigenvalue weighted by molar-refractivity contribution is 7.15. The Labute approximate surface area is 247 Å². The van der Waals surface area contributed by atoms with E-state index in [0.717, 1.165) is 44.1 Å². The van der Waals surface area contributed by atoms with E-state index in [0.29, 0.717) is 28.9 Å². The van der Waals surface area contributed by atoms with E-state index >= 15 is 4.39 Å². The maximum Gasteiger partial charge on any atom is 0.157 e. The van der Waals surface area contributed by atoms with Crippen molar-refractivity contribution < 1.29 is 4.39 Å². The number of H-pyrrole nitrogens is 2. The Kier molecular flexibility index (Phi) is 7.37. The van der Waals surface area contributed by atoms with Gasteiger partial charge in [0, 0.05) is 34.3 Å². The Morgan fingerprint density at radius 3 is 2.67 bits per heavy atom. The van der Waals surface area contributed by atoms with Crippen LogP contribution < -0.4 is 5.32 Å². The maximum absolute atomic E-state index is 15.4. The summed E-state index contributed by atoms with van der Waals surface area (Å²) >= 11 is 1.67. The van der Waals surface area contributed by atoms with Gasteiger partial charge in [-0.15, -0.1) is 11.3 Å². The zero-order valence-corrected chi connectivity index (χ0v) is 24.1. The van der Waals surface area contributed by atoms with E-state index < -0.39 is 5.82 Å². The second-order valence-corrected chi connectivity index (χ2v) is 11.2. The van der Waals surface area contributed by atoms with Crippen molar-refractivity contribution in [2.24, 2.45) is 0 Å². The van der Waals surface area contributed by atoms with E-state index in [-0.39, 0.29) is 5.52 Å². The third-order valence-electron chi connectivity index (χ3n) is 6.98. The number of imidazole rings is 1. The van der Waals surface area contributed by atoms with Crippen LogP contribution in [0.2, 0.25) is 0 Å². The van der Waals surface area contributed by atoms with E-state index in [2.05, 4.69) is 69.8 Å². The molecule has 4 heterocycles. The Morgan fingerprint density at radius 1 is 1.10 bits per heavy atom. The summed E-state index contributed by atoms with van der Waals surface area (Å²) in [5.41, 5.74) is 7.53. The first kappa shape index (κ1) is 27.1. The molecule has 0 radical (unpaired) electrons. The zero-order chi connectivity index (χ0) is 29.2. The van der Waals surface area contributed by atoms with Crippen molar-refractivity contribution in [2.75, 3.05) is 0 Å². The molecular weight excluding hydrogens is 543 g/mol. The maximum atomic E-state index is 15.4. The second kappa shape index (κ2) is 11.4. The third kappa shape index (κ3) is 5.32. The van der Waals surface area contributed by atoms with Gasteiger partial charge in [0.05, 0.1) is 10.4 Å². The fourth-order valence-electron chi connectivity index (χ4n) is 4.96. The number of hydrogen-bond donors (Lipinski definition) is 3. The quantitative estimate of drug-likeness (QED) is 0.152. The first-order valence-corrected chi connectivity index (χ1v) is 14.3. The van der Waals surface area contributed by atoms with Gasteiger partial charge in [0.15, 0.2) is 11.6 Å². The van der Waals surface area contributed by atoms with E-state index in [9.17, 15) is 0 Å². The molecule has 0 aliphatic rings. The van der Waals surface area contributed by atoms with E-state index in [1.54, 1.807) is 23.6 Å². The van der Waals surface area contributed by atoms with Crippen LogP contribution in [0.25, 0.3) is 49.6 Å². The van der Waals surface area contributed by atoms with Gasteiger partial charge in [-0.2, -0.15) is 5.10 Å². The van der Waals surface area contributed by atoms with Gasteiger partial charge in [-0.3, -0.25) is 10.1 Å². The Bertz CT molecular complexity index is 2010. The summed E-state index contributed by atoms with van der Waals surface area (Å²) < 4.78 is 15.4. The Morgan fingerprint density at radius 2 is 1.93 bits per heavy atom. The highest BCUT2D eigenvalue weighted by Crippen LogP contribution is 2.34. The molecule has 42 heavy (non-hydrogen) atoms. The normalized spacial score (nSPS) is 12.3. The van der Waals surface area contributed by atoms with Gasteiger partial charge in [0.1, 0.15) is 22.4 Å². The van der Waals surface area contributed by atoms with Crippen molar-refractivity contribution in [1.82, 2.24) is 30.5 Å². The molecule has 0 unspecified atom stereocenters. The second-order valence-electron chi connectivity index (χ2n) is 9.94. The molecule has 0 aliphatic carbocycles. The fraction of sp³-hybridized carbons (Fsp3) is 0.0882. The molecule has 0 fully saturated rings. The first-order valence-electron chi connectivity index (χ1n) is 13.5. The summed E-state index contributed by atoms with van der Waals surface area (Å²) in [7, 11) is 0. The van der Waals surface area contributed by atoms with Crippen molar-refractivity contribution in [1.29, 1.82) is 0 Å².